The minimum atomic E-state index is -0.525. The lowest BCUT2D eigenvalue weighted by atomic mass is 9.76. The van der Waals surface area contributed by atoms with Crippen LogP contribution in [0.2, 0.25) is 0 Å². The molecule has 0 heterocycles. The first-order valence-corrected chi connectivity index (χ1v) is 6.20. The zero-order valence-electron chi connectivity index (χ0n) is 9.59. The second-order valence-electron chi connectivity index (χ2n) is 5.44. The van der Waals surface area contributed by atoms with Gasteiger partial charge in [-0.25, -0.2) is 0 Å². The molecule has 2 fully saturated rings. The van der Waals surface area contributed by atoms with Crippen molar-refractivity contribution in [3.63, 3.8) is 0 Å². The Hall–Kier alpha value is -0.570. The van der Waals surface area contributed by atoms with Gasteiger partial charge in [0.2, 0.25) is 5.91 Å². The molecule has 15 heavy (non-hydrogen) atoms. The van der Waals surface area contributed by atoms with E-state index in [0.29, 0.717) is 6.04 Å². The number of hydrogen-bond acceptors (Lipinski definition) is 2. The number of amides is 1. The molecule has 2 aliphatic carbocycles. The second kappa shape index (κ2) is 4.12. The SMILES string of the molecule is CC1CCC(NC(=O)C2(N)CCC2)CC1. The van der Waals surface area contributed by atoms with Crippen LogP contribution in [0.1, 0.15) is 51.9 Å². The molecule has 0 saturated heterocycles. The van der Waals surface area contributed by atoms with Crippen molar-refractivity contribution in [3.8, 4) is 0 Å². The summed E-state index contributed by atoms with van der Waals surface area (Å²) in [4.78, 5) is 11.9. The van der Waals surface area contributed by atoms with Gasteiger partial charge in [-0.1, -0.05) is 6.92 Å². The molecule has 0 radical (unpaired) electrons. The predicted molar refractivity (Wildman–Crippen MR) is 60.3 cm³/mol. The minimum absolute atomic E-state index is 0.0910. The standard InChI is InChI=1S/C12H22N2O/c1-9-3-5-10(6-4-9)14-11(15)12(13)7-2-8-12/h9-10H,2-8,13H2,1H3,(H,14,15). The van der Waals surface area contributed by atoms with Crippen LogP contribution in [0, 0.1) is 5.92 Å². The Balaban J connectivity index is 1.79. The van der Waals surface area contributed by atoms with Gasteiger partial charge in [0.15, 0.2) is 0 Å². The van der Waals surface area contributed by atoms with Crippen molar-refractivity contribution in [1.82, 2.24) is 5.32 Å². The summed E-state index contributed by atoms with van der Waals surface area (Å²) in [5.41, 5.74) is 5.45. The lowest BCUT2D eigenvalue weighted by molar-refractivity contribution is -0.130. The molecule has 0 aromatic rings. The molecule has 0 aromatic heterocycles. The summed E-state index contributed by atoms with van der Waals surface area (Å²) < 4.78 is 0. The monoisotopic (exact) mass is 210 g/mol. The van der Waals surface area contributed by atoms with Crippen LogP contribution in [0.4, 0.5) is 0 Å². The van der Waals surface area contributed by atoms with E-state index in [1.54, 1.807) is 0 Å². The van der Waals surface area contributed by atoms with Crippen LogP contribution in [-0.2, 0) is 4.79 Å². The average Bonchev–Trinajstić information content (AvgIpc) is 2.18. The van der Waals surface area contributed by atoms with Crippen molar-refractivity contribution in [1.29, 1.82) is 0 Å². The second-order valence-corrected chi connectivity index (χ2v) is 5.44. The summed E-state index contributed by atoms with van der Waals surface area (Å²) in [5.74, 6) is 0.919. The van der Waals surface area contributed by atoms with Crippen LogP contribution < -0.4 is 11.1 Å². The lowest BCUT2D eigenvalue weighted by Crippen LogP contribution is -2.60. The molecule has 2 aliphatic rings. The van der Waals surface area contributed by atoms with E-state index in [4.69, 9.17) is 5.73 Å². The maximum Gasteiger partial charge on any atom is 0.240 e. The maximum absolute atomic E-state index is 11.9. The fourth-order valence-electron chi connectivity index (χ4n) is 2.52. The zero-order chi connectivity index (χ0) is 10.9. The summed E-state index contributed by atoms with van der Waals surface area (Å²) in [6.45, 7) is 2.29. The number of carbonyl (C=O) groups is 1. The Morgan fingerprint density at radius 1 is 1.27 bits per heavy atom. The van der Waals surface area contributed by atoms with Crippen LogP contribution in [0.25, 0.3) is 0 Å². The molecular formula is C12H22N2O. The molecule has 3 N–H and O–H groups in total. The van der Waals surface area contributed by atoms with Gasteiger partial charge in [-0.15, -0.1) is 0 Å². The van der Waals surface area contributed by atoms with Crippen LogP contribution in [0.5, 0.6) is 0 Å². The molecule has 2 rings (SSSR count). The topological polar surface area (TPSA) is 55.1 Å². The molecule has 3 heteroatoms. The van der Waals surface area contributed by atoms with Gasteiger partial charge >= 0.3 is 0 Å². The van der Waals surface area contributed by atoms with Gasteiger partial charge in [0.05, 0.1) is 5.54 Å². The maximum atomic E-state index is 11.9. The number of nitrogens with two attached hydrogens (primary N) is 1. The van der Waals surface area contributed by atoms with Gasteiger partial charge in [0.25, 0.3) is 0 Å². The van der Waals surface area contributed by atoms with E-state index in [0.717, 1.165) is 38.0 Å². The van der Waals surface area contributed by atoms with Crippen molar-refractivity contribution >= 4 is 5.91 Å². The predicted octanol–water partition coefficient (Wildman–Crippen LogP) is 1.56. The molecule has 3 nitrogen and oxygen atoms in total. The molecular weight excluding hydrogens is 188 g/mol. The Labute approximate surface area is 91.8 Å². The number of hydrogen-bond donors (Lipinski definition) is 2. The molecule has 86 valence electrons. The van der Waals surface area contributed by atoms with E-state index >= 15 is 0 Å². The van der Waals surface area contributed by atoms with Gasteiger partial charge in [-0.3, -0.25) is 4.79 Å². The molecule has 0 aliphatic heterocycles. The number of nitrogens with one attached hydrogen (secondary N) is 1. The highest BCUT2D eigenvalue weighted by Gasteiger charge is 2.40. The first-order valence-electron chi connectivity index (χ1n) is 6.20. The molecule has 0 atom stereocenters. The molecule has 2 saturated carbocycles. The lowest BCUT2D eigenvalue weighted by Gasteiger charge is -2.38. The van der Waals surface area contributed by atoms with Crippen molar-refractivity contribution in [2.45, 2.75) is 63.5 Å². The quantitative estimate of drug-likeness (QED) is 0.726. The molecule has 0 spiro atoms. The van der Waals surface area contributed by atoms with Crippen LogP contribution in [-0.4, -0.2) is 17.5 Å². The van der Waals surface area contributed by atoms with Gasteiger partial charge in [0.1, 0.15) is 0 Å². The highest BCUT2D eigenvalue weighted by molar-refractivity contribution is 5.87. The van der Waals surface area contributed by atoms with E-state index in [2.05, 4.69) is 12.2 Å². The van der Waals surface area contributed by atoms with Crippen molar-refractivity contribution in [3.05, 3.63) is 0 Å². The molecule has 0 aromatic carbocycles. The van der Waals surface area contributed by atoms with Crippen LogP contribution in [0.3, 0.4) is 0 Å². The minimum Gasteiger partial charge on any atom is -0.352 e. The molecule has 1 amide bonds. The van der Waals surface area contributed by atoms with E-state index in [1.807, 2.05) is 0 Å². The summed E-state index contributed by atoms with van der Waals surface area (Å²) in [5, 5.41) is 3.12. The largest absolute Gasteiger partial charge is 0.352 e. The summed E-state index contributed by atoms with van der Waals surface area (Å²) in [6.07, 6.45) is 7.56. The Morgan fingerprint density at radius 2 is 1.87 bits per heavy atom. The smallest absolute Gasteiger partial charge is 0.240 e. The van der Waals surface area contributed by atoms with E-state index < -0.39 is 5.54 Å². The third-order valence-corrected chi connectivity index (χ3v) is 4.05. The molecule has 0 bridgehead atoms. The van der Waals surface area contributed by atoms with Crippen LogP contribution in [0.15, 0.2) is 0 Å². The normalized spacial score (nSPS) is 34.3. The van der Waals surface area contributed by atoms with Crippen molar-refractivity contribution in [2.24, 2.45) is 11.7 Å². The number of rotatable bonds is 2. The van der Waals surface area contributed by atoms with E-state index in [9.17, 15) is 4.79 Å². The van der Waals surface area contributed by atoms with Crippen LogP contribution >= 0.6 is 0 Å². The zero-order valence-corrected chi connectivity index (χ0v) is 9.59. The Bertz CT molecular complexity index is 240. The first kappa shape index (κ1) is 10.9. The highest BCUT2D eigenvalue weighted by Crippen LogP contribution is 2.30. The highest BCUT2D eigenvalue weighted by atomic mass is 16.2. The Morgan fingerprint density at radius 3 is 2.33 bits per heavy atom. The number of carbonyl (C=O) groups excluding carboxylic acids is 1. The van der Waals surface area contributed by atoms with Gasteiger partial charge in [-0.05, 0) is 50.9 Å². The summed E-state index contributed by atoms with van der Waals surface area (Å²) in [6, 6.07) is 0.384. The summed E-state index contributed by atoms with van der Waals surface area (Å²) >= 11 is 0. The van der Waals surface area contributed by atoms with Gasteiger partial charge in [-0.2, -0.15) is 0 Å². The molecule has 0 unspecified atom stereocenters. The van der Waals surface area contributed by atoms with E-state index in [-0.39, 0.29) is 5.91 Å². The van der Waals surface area contributed by atoms with Gasteiger partial charge in [0, 0.05) is 6.04 Å². The fourth-order valence-corrected chi connectivity index (χ4v) is 2.52. The third-order valence-electron chi connectivity index (χ3n) is 4.05. The summed E-state index contributed by atoms with van der Waals surface area (Å²) in [7, 11) is 0. The van der Waals surface area contributed by atoms with Crippen molar-refractivity contribution in [2.75, 3.05) is 0 Å². The van der Waals surface area contributed by atoms with Gasteiger partial charge < -0.3 is 11.1 Å². The third kappa shape index (κ3) is 2.33. The van der Waals surface area contributed by atoms with Crippen molar-refractivity contribution < 1.29 is 4.79 Å². The average molecular weight is 210 g/mol. The fraction of sp³-hybridized carbons (Fsp3) is 0.917. The Kier molecular flexibility index (Phi) is 3.01. The van der Waals surface area contributed by atoms with E-state index in [1.165, 1.54) is 12.8 Å². The first-order chi connectivity index (χ1) is 7.10.